The molecule has 0 aliphatic heterocycles. The lowest BCUT2D eigenvalue weighted by molar-refractivity contribution is 0.319. The van der Waals surface area contributed by atoms with E-state index in [-0.39, 0.29) is 5.75 Å². The van der Waals surface area contributed by atoms with E-state index in [1.807, 2.05) is 66.7 Å². The first kappa shape index (κ1) is 16.0. The van der Waals surface area contributed by atoms with Gasteiger partial charge < -0.3 is 14.9 Å². The van der Waals surface area contributed by atoms with Crippen LogP contribution in [0, 0.1) is 0 Å². The molecule has 0 saturated carbocycles. The van der Waals surface area contributed by atoms with Crippen LogP contribution < -0.4 is 0 Å². The van der Waals surface area contributed by atoms with Gasteiger partial charge in [-0.15, -0.1) is 0 Å². The van der Waals surface area contributed by atoms with Crippen molar-refractivity contribution in [3.8, 4) is 22.7 Å². The van der Waals surface area contributed by atoms with Crippen LogP contribution in [0.15, 0.2) is 84.0 Å². The molecule has 3 aromatic carbocycles. The second-order valence-electron chi connectivity index (χ2n) is 6.14. The third-order valence-electron chi connectivity index (χ3n) is 4.54. The summed E-state index contributed by atoms with van der Waals surface area (Å²) in [6.07, 6.45) is 0. The predicted octanol–water partition coefficient (Wildman–Crippen LogP) is 5.20. The molecule has 4 heteroatoms. The second kappa shape index (κ2) is 6.41. The van der Waals surface area contributed by atoms with Gasteiger partial charge >= 0.3 is 0 Å². The van der Waals surface area contributed by atoms with Gasteiger partial charge in [0.2, 0.25) is 0 Å². The van der Waals surface area contributed by atoms with Crippen molar-refractivity contribution in [2.45, 2.75) is 6.92 Å². The summed E-state index contributed by atoms with van der Waals surface area (Å²) < 4.78 is 2.13. The number of hydrogen-bond acceptors (Lipinski definition) is 3. The van der Waals surface area contributed by atoms with Gasteiger partial charge in [0.05, 0.1) is 16.9 Å². The van der Waals surface area contributed by atoms with Gasteiger partial charge in [-0.3, -0.25) is 0 Å². The molecule has 0 aliphatic carbocycles. The minimum Gasteiger partial charge on any atom is -0.508 e. The van der Waals surface area contributed by atoms with E-state index in [9.17, 15) is 10.3 Å². The van der Waals surface area contributed by atoms with Crippen LogP contribution in [-0.2, 0) is 0 Å². The number of aromatic hydroxyl groups is 1. The van der Waals surface area contributed by atoms with Crippen LogP contribution in [0.1, 0.15) is 12.5 Å². The van der Waals surface area contributed by atoms with Gasteiger partial charge in [-0.25, -0.2) is 0 Å². The molecule has 0 unspecified atom stereocenters. The lowest BCUT2D eigenvalue weighted by Crippen LogP contribution is -2.01. The maximum absolute atomic E-state index is 9.67. The standard InChI is InChI=1S/C22H18N2O2/c1-15(23-26)21-19-9-5-6-10-20(19)24(17-11-13-18(25)14-12-17)22(21)16-7-3-2-4-8-16/h2-14,25-26H,1H3/b23-15+. The lowest BCUT2D eigenvalue weighted by atomic mass is 10.0. The Kier molecular flexibility index (Phi) is 3.93. The number of para-hydroxylation sites is 1. The minimum absolute atomic E-state index is 0.222. The van der Waals surface area contributed by atoms with Crippen LogP contribution in [-0.4, -0.2) is 20.6 Å². The summed E-state index contributed by atoms with van der Waals surface area (Å²) in [5.74, 6) is 0.222. The summed E-state index contributed by atoms with van der Waals surface area (Å²) in [6.45, 7) is 1.80. The van der Waals surface area contributed by atoms with E-state index in [0.29, 0.717) is 5.71 Å². The predicted molar refractivity (Wildman–Crippen MR) is 104 cm³/mol. The van der Waals surface area contributed by atoms with Gasteiger partial charge in [-0.2, -0.15) is 0 Å². The molecule has 4 nitrogen and oxygen atoms in total. The fourth-order valence-electron chi connectivity index (χ4n) is 3.40. The highest BCUT2D eigenvalue weighted by Crippen LogP contribution is 2.37. The molecule has 0 amide bonds. The molecule has 128 valence electrons. The third kappa shape index (κ3) is 2.52. The zero-order chi connectivity index (χ0) is 18.1. The van der Waals surface area contributed by atoms with Crippen LogP contribution >= 0.6 is 0 Å². The molecule has 2 N–H and O–H groups in total. The van der Waals surface area contributed by atoms with Crippen LogP contribution in [0.4, 0.5) is 0 Å². The molecule has 1 heterocycles. The smallest absolute Gasteiger partial charge is 0.115 e. The molecule has 1 aromatic heterocycles. The van der Waals surface area contributed by atoms with Crippen molar-refractivity contribution in [1.82, 2.24) is 4.57 Å². The second-order valence-corrected chi connectivity index (χ2v) is 6.14. The van der Waals surface area contributed by atoms with Crippen LogP contribution in [0.5, 0.6) is 5.75 Å². The van der Waals surface area contributed by atoms with Crippen LogP contribution in [0.25, 0.3) is 27.8 Å². The Labute approximate surface area is 151 Å². The Morgan fingerprint density at radius 3 is 2.19 bits per heavy atom. The Hall–Kier alpha value is -3.53. The van der Waals surface area contributed by atoms with E-state index >= 15 is 0 Å². The Bertz CT molecular complexity index is 1090. The average molecular weight is 342 g/mol. The summed E-state index contributed by atoms with van der Waals surface area (Å²) >= 11 is 0. The molecule has 0 aliphatic rings. The topological polar surface area (TPSA) is 57.8 Å². The normalized spacial score (nSPS) is 11.8. The molecule has 26 heavy (non-hydrogen) atoms. The van der Waals surface area contributed by atoms with E-state index < -0.39 is 0 Å². The van der Waals surface area contributed by atoms with Gasteiger partial charge in [0.15, 0.2) is 0 Å². The molecule has 0 atom stereocenters. The lowest BCUT2D eigenvalue weighted by Gasteiger charge is -2.13. The highest BCUT2D eigenvalue weighted by molar-refractivity contribution is 6.15. The largest absolute Gasteiger partial charge is 0.508 e. The number of nitrogens with zero attached hydrogens (tertiary/aromatic N) is 2. The van der Waals surface area contributed by atoms with Gasteiger partial charge in [0, 0.05) is 16.6 Å². The van der Waals surface area contributed by atoms with Crippen molar-refractivity contribution in [2.24, 2.45) is 5.16 Å². The van der Waals surface area contributed by atoms with E-state index in [1.165, 1.54) is 0 Å². The zero-order valence-corrected chi connectivity index (χ0v) is 14.3. The molecule has 4 aromatic rings. The quantitative estimate of drug-likeness (QED) is 0.305. The van der Waals surface area contributed by atoms with Gasteiger partial charge in [0.1, 0.15) is 5.75 Å². The number of rotatable bonds is 3. The van der Waals surface area contributed by atoms with Crippen molar-refractivity contribution < 1.29 is 10.3 Å². The number of benzene rings is 3. The molecule has 0 bridgehead atoms. The highest BCUT2D eigenvalue weighted by atomic mass is 16.4. The molecule has 0 radical (unpaired) electrons. The summed E-state index contributed by atoms with van der Waals surface area (Å²) in [4.78, 5) is 0. The number of oxime groups is 1. The maximum atomic E-state index is 9.67. The fourth-order valence-corrected chi connectivity index (χ4v) is 3.40. The molecule has 4 rings (SSSR count). The SMILES string of the molecule is C/C(=N\O)c1c(-c2ccccc2)n(-c2ccc(O)cc2)c2ccccc12. The molecule has 0 spiro atoms. The van der Waals surface area contributed by atoms with Gasteiger partial charge in [0.25, 0.3) is 0 Å². The van der Waals surface area contributed by atoms with E-state index in [2.05, 4.69) is 9.72 Å². The van der Waals surface area contributed by atoms with Crippen LogP contribution in [0.2, 0.25) is 0 Å². The summed E-state index contributed by atoms with van der Waals surface area (Å²) in [5.41, 5.74) is 5.35. The first-order chi connectivity index (χ1) is 12.7. The molecule has 0 fully saturated rings. The number of phenolic OH excluding ortho intramolecular Hbond substituents is 1. The van der Waals surface area contributed by atoms with Gasteiger partial charge in [-0.05, 0) is 42.8 Å². The van der Waals surface area contributed by atoms with Crippen LogP contribution in [0.3, 0.4) is 0 Å². The first-order valence-corrected chi connectivity index (χ1v) is 8.38. The minimum atomic E-state index is 0.222. The van der Waals surface area contributed by atoms with E-state index in [1.54, 1.807) is 19.1 Å². The summed E-state index contributed by atoms with van der Waals surface area (Å²) in [6, 6.07) is 25.2. The maximum Gasteiger partial charge on any atom is 0.115 e. The average Bonchev–Trinajstić information content (AvgIpc) is 3.04. The Balaban J connectivity index is 2.17. The monoisotopic (exact) mass is 342 g/mol. The number of aromatic nitrogens is 1. The number of fused-ring (bicyclic) bond motifs is 1. The van der Waals surface area contributed by atoms with Crippen molar-refractivity contribution in [3.05, 3.63) is 84.4 Å². The van der Waals surface area contributed by atoms with Crippen molar-refractivity contribution in [1.29, 1.82) is 0 Å². The summed E-state index contributed by atoms with van der Waals surface area (Å²) in [7, 11) is 0. The van der Waals surface area contributed by atoms with Crippen molar-refractivity contribution in [3.63, 3.8) is 0 Å². The van der Waals surface area contributed by atoms with Crippen molar-refractivity contribution >= 4 is 16.6 Å². The number of hydrogen-bond donors (Lipinski definition) is 2. The van der Waals surface area contributed by atoms with Gasteiger partial charge in [-0.1, -0.05) is 53.7 Å². The third-order valence-corrected chi connectivity index (χ3v) is 4.54. The Morgan fingerprint density at radius 1 is 0.846 bits per heavy atom. The van der Waals surface area contributed by atoms with E-state index in [4.69, 9.17) is 0 Å². The highest BCUT2D eigenvalue weighted by Gasteiger charge is 2.21. The zero-order valence-electron chi connectivity index (χ0n) is 14.3. The fraction of sp³-hybridized carbons (Fsp3) is 0.0455. The van der Waals surface area contributed by atoms with Crippen molar-refractivity contribution in [2.75, 3.05) is 0 Å². The molecule has 0 saturated heterocycles. The number of phenols is 1. The first-order valence-electron chi connectivity index (χ1n) is 8.38. The van der Waals surface area contributed by atoms with E-state index in [0.717, 1.165) is 33.4 Å². The molecular formula is C22H18N2O2. The summed E-state index contributed by atoms with van der Waals surface area (Å²) in [5, 5.41) is 23.6. The Morgan fingerprint density at radius 2 is 1.50 bits per heavy atom. The molecular weight excluding hydrogens is 324 g/mol.